The molecule has 0 bridgehead atoms. The molecular weight excluding hydrogens is 396 g/mol. The van der Waals surface area contributed by atoms with Crippen LogP contribution in [0.25, 0.3) is 0 Å². The molecule has 0 fully saturated rings. The summed E-state index contributed by atoms with van der Waals surface area (Å²) in [7, 11) is -0.788. The summed E-state index contributed by atoms with van der Waals surface area (Å²) < 4.78 is 36.0. The molecule has 0 aromatic heterocycles. The summed E-state index contributed by atoms with van der Waals surface area (Å²) in [6.45, 7) is 1.25. The number of carbonyl (C=O) groups excluding carboxylic acids is 2. The van der Waals surface area contributed by atoms with E-state index in [-0.39, 0.29) is 10.6 Å². The second-order valence-corrected chi connectivity index (χ2v) is 8.45. The number of amides is 1. The van der Waals surface area contributed by atoms with Gasteiger partial charge in [0.2, 0.25) is 10.0 Å². The van der Waals surface area contributed by atoms with E-state index in [1.54, 1.807) is 37.3 Å². The molecule has 9 heteroatoms. The number of hydrogen-bond donors (Lipinski definition) is 1. The molecule has 0 saturated heterocycles. The monoisotopic (exact) mass is 420 g/mol. The molecule has 2 rings (SSSR count). The van der Waals surface area contributed by atoms with Crippen molar-refractivity contribution in [2.75, 3.05) is 26.0 Å². The van der Waals surface area contributed by atoms with Gasteiger partial charge in [-0.2, -0.15) is 0 Å². The highest BCUT2D eigenvalue weighted by molar-refractivity contribution is 7.89. The third kappa shape index (κ3) is 6.30. The van der Waals surface area contributed by atoms with Crippen molar-refractivity contribution < 1.29 is 27.5 Å². The first-order chi connectivity index (χ1) is 13.7. The van der Waals surface area contributed by atoms with E-state index in [0.29, 0.717) is 12.2 Å². The number of carbonyl (C=O) groups is 2. The number of para-hydroxylation sites is 1. The summed E-state index contributed by atoms with van der Waals surface area (Å²) in [6, 6.07) is 14.7. The lowest BCUT2D eigenvalue weighted by atomic mass is 10.2. The Kier molecular flexibility index (Phi) is 7.74. The Morgan fingerprint density at radius 1 is 1.07 bits per heavy atom. The number of anilines is 1. The Hall–Kier alpha value is -2.91. The molecule has 0 aliphatic carbocycles. The van der Waals surface area contributed by atoms with Crippen LogP contribution >= 0.6 is 0 Å². The highest BCUT2D eigenvalue weighted by Crippen LogP contribution is 2.18. The largest absolute Gasteiger partial charge is 0.479 e. The molecule has 0 aliphatic heterocycles. The Labute approximate surface area is 170 Å². The molecule has 0 aliphatic rings. The normalized spacial score (nSPS) is 12.3. The van der Waals surface area contributed by atoms with Crippen molar-refractivity contribution in [1.29, 1.82) is 0 Å². The van der Waals surface area contributed by atoms with E-state index in [9.17, 15) is 18.0 Å². The molecule has 29 heavy (non-hydrogen) atoms. The lowest BCUT2D eigenvalue weighted by Gasteiger charge is -2.16. The number of esters is 1. The molecule has 2 aromatic rings. The maximum Gasteiger partial charge on any atom is 0.347 e. The highest BCUT2D eigenvalue weighted by atomic mass is 32.2. The molecule has 1 N–H and O–H groups in total. The van der Waals surface area contributed by atoms with E-state index in [1.165, 1.54) is 32.3 Å². The molecule has 1 atom stereocenters. The van der Waals surface area contributed by atoms with E-state index in [2.05, 4.69) is 5.32 Å². The standard InChI is InChI=1S/C20H24N2O6S/c1-4-18(28-16-10-6-5-7-11-16)20(24)27-14-19(23)21-15-9-8-12-17(13-15)29(25,26)22(2)3/h5-13,18H,4,14H2,1-3H3,(H,21,23)/t18-/m0/s1. The fourth-order valence-corrected chi connectivity index (χ4v) is 3.28. The minimum Gasteiger partial charge on any atom is -0.479 e. The third-order valence-corrected chi connectivity index (χ3v) is 5.71. The van der Waals surface area contributed by atoms with E-state index in [0.717, 1.165) is 4.31 Å². The second kappa shape index (κ2) is 10.0. The number of hydrogen-bond acceptors (Lipinski definition) is 6. The van der Waals surface area contributed by atoms with Crippen molar-refractivity contribution in [3.63, 3.8) is 0 Å². The van der Waals surface area contributed by atoms with Gasteiger partial charge in [0.1, 0.15) is 5.75 Å². The number of rotatable bonds is 9. The zero-order valence-corrected chi connectivity index (χ0v) is 17.3. The average Bonchev–Trinajstić information content (AvgIpc) is 2.71. The molecule has 1 amide bonds. The molecule has 8 nitrogen and oxygen atoms in total. The van der Waals surface area contributed by atoms with Crippen molar-refractivity contribution >= 4 is 27.6 Å². The maximum atomic E-state index is 12.2. The van der Waals surface area contributed by atoms with Crippen molar-refractivity contribution in [2.45, 2.75) is 24.3 Å². The number of nitrogens with one attached hydrogen (secondary N) is 1. The Bertz CT molecular complexity index is 944. The molecule has 2 aromatic carbocycles. The zero-order chi connectivity index (χ0) is 21.4. The third-order valence-electron chi connectivity index (χ3n) is 3.90. The summed E-state index contributed by atoms with van der Waals surface area (Å²) in [5.74, 6) is -0.720. The molecule has 0 unspecified atom stereocenters. The predicted molar refractivity (Wildman–Crippen MR) is 108 cm³/mol. The van der Waals surface area contributed by atoms with Gasteiger partial charge in [0.15, 0.2) is 12.7 Å². The predicted octanol–water partition coefficient (Wildman–Crippen LogP) is 2.28. The average molecular weight is 420 g/mol. The first-order valence-electron chi connectivity index (χ1n) is 8.94. The van der Waals surface area contributed by atoms with Gasteiger partial charge < -0.3 is 14.8 Å². The van der Waals surface area contributed by atoms with Gasteiger partial charge in [-0.25, -0.2) is 17.5 Å². The minimum absolute atomic E-state index is 0.0413. The molecular formula is C20H24N2O6S. The number of nitrogens with zero attached hydrogens (tertiary/aromatic N) is 1. The van der Waals surface area contributed by atoms with Crippen molar-refractivity contribution in [3.8, 4) is 5.75 Å². The molecule has 156 valence electrons. The van der Waals surface area contributed by atoms with Crippen LogP contribution in [0.4, 0.5) is 5.69 Å². The van der Waals surface area contributed by atoms with Crippen LogP contribution in [-0.4, -0.2) is 51.4 Å². The summed E-state index contributed by atoms with van der Waals surface area (Å²) in [6.07, 6.45) is -0.460. The summed E-state index contributed by atoms with van der Waals surface area (Å²) in [4.78, 5) is 24.3. The second-order valence-electron chi connectivity index (χ2n) is 6.30. The van der Waals surface area contributed by atoms with Crippen LogP contribution in [0.1, 0.15) is 13.3 Å². The van der Waals surface area contributed by atoms with Gasteiger partial charge >= 0.3 is 5.97 Å². The Morgan fingerprint density at radius 3 is 2.38 bits per heavy atom. The fraction of sp³-hybridized carbons (Fsp3) is 0.300. The number of ether oxygens (including phenoxy) is 2. The van der Waals surface area contributed by atoms with E-state index < -0.39 is 34.6 Å². The number of sulfonamides is 1. The van der Waals surface area contributed by atoms with Crippen LogP contribution in [0.5, 0.6) is 5.75 Å². The summed E-state index contributed by atoms with van der Waals surface area (Å²) in [5.41, 5.74) is 0.279. The molecule has 0 spiro atoms. The van der Waals surface area contributed by atoms with Crippen LogP contribution in [0.2, 0.25) is 0 Å². The zero-order valence-electron chi connectivity index (χ0n) is 16.5. The van der Waals surface area contributed by atoms with Crippen molar-refractivity contribution in [1.82, 2.24) is 4.31 Å². The van der Waals surface area contributed by atoms with E-state index >= 15 is 0 Å². The Balaban J connectivity index is 1.93. The van der Waals surface area contributed by atoms with Gasteiger partial charge in [-0.3, -0.25) is 4.79 Å². The van der Waals surface area contributed by atoms with Crippen LogP contribution in [-0.2, 0) is 24.3 Å². The highest BCUT2D eigenvalue weighted by Gasteiger charge is 2.21. The smallest absolute Gasteiger partial charge is 0.347 e. The van der Waals surface area contributed by atoms with Gasteiger partial charge in [0, 0.05) is 19.8 Å². The van der Waals surface area contributed by atoms with Gasteiger partial charge in [-0.1, -0.05) is 31.2 Å². The van der Waals surface area contributed by atoms with Gasteiger partial charge in [-0.05, 0) is 36.8 Å². The van der Waals surface area contributed by atoms with Crippen LogP contribution in [0, 0.1) is 0 Å². The lowest BCUT2D eigenvalue weighted by molar-refractivity contribution is -0.154. The molecule has 0 saturated carbocycles. The lowest BCUT2D eigenvalue weighted by Crippen LogP contribution is -2.31. The number of benzene rings is 2. The van der Waals surface area contributed by atoms with Gasteiger partial charge in [0.05, 0.1) is 4.90 Å². The van der Waals surface area contributed by atoms with Gasteiger partial charge in [-0.15, -0.1) is 0 Å². The van der Waals surface area contributed by atoms with Crippen LogP contribution in [0.3, 0.4) is 0 Å². The fourth-order valence-electron chi connectivity index (χ4n) is 2.33. The van der Waals surface area contributed by atoms with Crippen molar-refractivity contribution in [3.05, 3.63) is 54.6 Å². The van der Waals surface area contributed by atoms with E-state index in [4.69, 9.17) is 9.47 Å². The SMILES string of the molecule is CC[C@H](Oc1ccccc1)C(=O)OCC(=O)Nc1cccc(S(=O)(=O)N(C)C)c1. The first-order valence-corrected chi connectivity index (χ1v) is 10.4. The van der Waals surface area contributed by atoms with E-state index in [1.807, 2.05) is 6.07 Å². The van der Waals surface area contributed by atoms with Crippen LogP contribution < -0.4 is 10.1 Å². The molecule has 0 heterocycles. The Morgan fingerprint density at radius 2 is 1.76 bits per heavy atom. The minimum atomic E-state index is -3.63. The summed E-state index contributed by atoms with van der Waals surface area (Å²) >= 11 is 0. The van der Waals surface area contributed by atoms with Gasteiger partial charge in [0.25, 0.3) is 5.91 Å². The van der Waals surface area contributed by atoms with Crippen LogP contribution in [0.15, 0.2) is 59.5 Å². The quantitative estimate of drug-likeness (QED) is 0.625. The topological polar surface area (TPSA) is 102 Å². The maximum absolute atomic E-state index is 12.2. The first kappa shape index (κ1) is 22.4. The van der Waals surface area contributed by atoms with Crippen molar-refractivity contribution in [2.24, 2.45) is 0 Å². The molecule has 0 radical (unpaired) electrons. The summed E-state index contributed by atoms with van der Waals surface area (Å²) in [5, 5.41) is 2.52.